The van der Waals surface area contributed by atoms with Gasteiger partial charge in [-0.25, -0.2) is 4.79 Å². The van der Waals surface area contributed by atoms with Crippen molar-refractivity contribution in [1.29, 1.82) is 0 Å². The van der Waals surface area contributed by atoms with E-state index in [1.807, 2.05) is 25.1 Å². The van der Waals surface area contributed by atoms with E-state index in [9.17, 15) is 9.59 Å². The minimum absolute atomic E-state index is 0.0320. The highest BCUT2D eigenvalue weighted by molar-refractivity contribution is 5.90. The first-order valence-electron chi connectivity index (χ1n) is 9.88. The minimum Gasteiger partial charge on any atom is -0.497 e. The standard InChI is InChI=1S/C24H29NO5/c1-17(10-11-19-8-6-5-7-9-19)25-24(27)18(2)30-23(26)15-12-20-16-21(28-3)13-14-22(20)29-4/h5-9,12-18H,10-11H2,1-4H3,(H,25,27)/b15-12+/t17-,18-/m1/s1. The molecule has 0 heterocycles. The van der Waals surface area contributed by atoms with Crippen molar-refractivity contribution >= 4 is 18.0 Å². The Morgan fingerprint density at radius 2 is 1.77 bits per heavy atom. The van der Waals surface area contributed by atoms with Crippen LogP contribution in [0.3, 0.4) is 0 Å². The fourth-order valence-corrected chi connectivity index (χ4v) is 2.85. The van der Waals surface area contributed by atoms with Crippen LogP contribution in [0.5, 0.6) is 11.5 Å². The van der Waals surface area contributed by atoms with E-state index < -0.39 is 12.1 Å². The van der Waals surface area contributed by atoms with Crippen molar-refractivity contribution in [1.82, 2.24) is 5.32 Å². The maximum Gasteiger partial charge on any atom is 0.331 e. The molecule has 0 aliphatic rings. The molecule has 0 spiro atoms. The molecule has 0 aliphatic carbocycles. The third kappa shape index (κ3) is 7.28. The molecule has 30 heavy (non-hydrogen) atoms. The summed E-state index contributed by atoms with van der Waals surface area (Å²) in [6.07, 6.45) is 3.60. The minimum atomic E-state index is -0.895. The molecule has 0 bridgehead atoms. The Morgan fingerprint density at radius 1 is 1.03 bits per heavy atom. The van der Waals surface area contributed by atoms with Crippen LogP contribution in [0.1, 0.15) is 31.4 Å². The first-order valence-corrected chi connectivity index (χ1v) is 9.88. The van der Waals surface area contributed by atoms with E-state index in [2.05, 4.69) is 17.4 Å². The Balaban J connectivity index is 1.84. The quantitative estimate of drug-likeness (QED) is 0.476. The molecule has 0 radical (unpaired) electrons. The highest BCUT2D eigenvalue weighted by Gasteiger charge is 2.18. The number of methoxy groups -OCH3 is 2. The first-order chi connectivity index (χ1) is 14.4. The normalized spacial score (nSPS) is 12.8. The monoisotopic (exact) mass is 411 g/mol. The lowest BCUT2D eigenvalue weighted by atomic mass is 10.1. The van der Waals surface area contributed by atoms with E-state index in [1.165, 1.54) is 11.6 Å². The van der Waals surface area contributed by atoms with Gasteiger partial charge in [-0.3, -0.25) is 4.79 Å². The average Bonchev–Trinajstić information content (AvgIpc) is 2.76. The molecule has 2 aromatic rings. The Kier molecular flexibility index (Phi) is 8.94. The van der Waals surface area contributed by atoms with Crippen molar-refractivity contribution in [2.24, 2.45) is 0 Å². The van der Waals surface area contributed by atoms with Gasteiger partial charge in [0.1, 0.15) is 11.5 Å². The lowest BCUT2D eigenvalue weighted by Crippen LogP contribution is -2.40. The van der Waals surface area contributed by atoms with Crippen LogP contribution in [-0.4, -0.2) is 38.2 Å². The van der Waals surface area contributed by atoms with Gasteiger partial charge in [0.25, 0.3) is 5.91 Å². The molecule has 1 amide bonds. The van der Waals surface area contributed by atoms with Gasteiger partial charge < -0.3 is 19.5 Å². The number of ether oxygens (including phenoxy) is 3. The van der Waals surface area contributed by atoms with Gasteiger partial charge in [0.05, 0.1) is 14.2 Å². The van der Waals surface area contributed by atoms with E-state index in [-0.39, 0.29) is 11.9 Å². The van der Waals surface area contributed by atoms with Crippen LogP contribution in [0.15, 0.2) is 54.6 Å². The van der Waals surface area contributed by atoms with Crippen molar-refractivity contribution in [3.63, 3.8) is 0 Å². The van der Waals surface area contributed by atoms with Crippen molar-refractivity contribution in [3.8, 4) is 11.5 Å². The molecule has 2 atom stereocenters. The molecule has 0 unspecified atom stereocenters. The maximum atomic E-state index is 12.3. The predicted octanol–water partition coefficient (Wildman–Crippen LogP) is 3.79. The molecule has 6 heteroatoms. The fourth-order valence-electron chi connectivity index (χ4n) is 2.85. The van der Waals surface area contributed by atoms with Crippen LogP contribution in [-0.2, 0) is 20.7 Å². The molecule has 0 aliphatic heterocycles. The molecular formula is C24H29NO5. The summed E-state index contributed by atoms with van der Waals surface area (Å²) in [5, 5.41) is 2.89. The second-order valence-electron chi connectivity index (χ2n) is 6.95. The summed E-state index contributed by atoms with van der Waals surface area (Å²) in [5.41, 5.74) is 1.89. The Morgan fingerprint density at radius 3 is 2.43 bits per heavy atom. The molecule has 1 N–H and O–H groups in total. The summed E-state index contributed by atoms with van der Waals surface area (Å²) >= 11 is 0. The topological polar surface area (TPSA) is 73.9 Å². The summed E-state index contributed by atoms with van der Waals surface area (Å²) < 4.78 is 15.7. The second-order valence-corrected chi connectivity index (χ2v) is 6.95. The van der Waals surface area contributed by atoms with Gasteiger partial charge in [0.2, 0.25) is 0 Å². The second kappa shape index (κ2) is 11.7. The number of carbonyl (C=O) groups excluding carboxylic acids is 2. The highest BCUT2D eigenvalue weighted by Crippen LogP contribution is 2.25. The summed E-state index contributed by atoms with van der Waals surface area (Å²) in [6.45, 7) is 3.49. The maximum absolute atomic E-state index is 12.3. The molecule has 2 aromatic carbocycles. The number of hydrogen-bond acceptors (Lipinski definition) is 5. The van der Waals surface area contributed by atoms with Gasteiger partial charge in [-0.15, -0.1) is 0 Å². The van der Waals surface area contributed by atoms with Crippen molar-refractivity contribution in [2.75, 3.05) is 14.2 Å². The Hall–Kier alpha value is -3.28. The third-order valence-corrected chi connectivity index (χ3v) is 4.60. The number of esters is 1. The zero-order chi connectivity index (χ0) is 21.9. The lowest BCUT2D eigenvalue weighted by molar-refractivity contribution is -0.150. The molecule has 160 valence electrons. The van der Waals surface area contributed by atoms with Gasteiger partial charge in [0.15, 0.2) is 6.10 Å². The first kappa shape index (κ1) is 23.0. The van der Waals surface area contributed by atoms with Crippen molar-refractivity contribution < 1.29 is 23.8 Å². The third-order valence-electron chi connectivity index (χ3n) is 4.60. The zero-order valence-corrected chi connectivity index (χ0v) is 17.9. The van der Waals surface area contributed by atoms with Gasteiger partial charge in [0, 0.05) is 17.7 Å². The van der Waals surface area contributed by atoms with Crippen LogP contribution < -0.4 is 14.8 Å². The predicted molar refractivity (Wildman–Crippen MR) is 117 cm³/mol. The van der Waals surface area contributed by atoms with E-state index in [1.54, 1.807) is 45.4 Å². The van der Waals surface area contributed by atoms with Crippen LogP contribution in [0, 0.1) is 0 Å². The number of hydrogen-bond donors (Lipinski definition) is 1. The average molecular weight is 411 g/mol. The highest BCUT2D eigenvalue weighted by atomic mass is 16.5. The van der Waals surface area contributed by atoms with E-state index >= 15 is 0 Å². The van der Waals surface area contributed by atoms with Crippen molar-refractivity contribution in [2.45, 2.75) is 38.8 Å². The lowest BCUT2D eigenvalue weighted by Gasteiger charge is -2.17. The van der Waals surface area contributed by atoms with Gasteiger partial charge in [-0.2, -0.15) is 0 Å². The zero-order valence-electron chi connectivity index (χ0n) is 17.9. The Labute approximate surface area is 177 Å². The van der Waals surface area contributed by atoms with Crippen LogP contribution in [0.25, 0.3) is 6.08 Å². The molecule has 0 fully saturated rings. The van der Waals surface area contributed by atoms with E-state index in [4.69, 9.17) is 14.2 Å². The van der Waals surface area contributed by atoms with Crippen LogP contribution in [0.2, 0.25) is 0 Å². The number of nitrogens with one attached hydrogen (secondary N) is 1. The number of carbonyl (C=O) groups is 2. The number of aryl methyl sites for hydroxylation is 1. The van der Waals surface area contributed by atoms with Gasteiger partial charge in [-0.05, 0) is 56.5 Å². The number of amides is 1. The van der Waals surface area contributed by atoms with Gasteiger partial charge >= 0.3 is 5.97 Å². The van der Waals surface area contributed by atoms with Crippen LogP contribution in [0.4, 0.5) is 0 Å². The van der Waals surface area contributed by atoms with Gasteiger partial charge in [-0.1, -0.05) is 30.3 Å². The number of rotatable bonds is 10. The van der Waals surface area contributed by atoms with E-state index in [0.717, 1.165) is 12.8 Å². The summed E-state index contributed by atoms with van der Waals surface area (Å²) in [7, 11) is 3.10. The summed E-state index contributed by atoms with van der Waals surface area (Å²) in [5.74, 6) is 0.301. The largest absolute Gasteiger partial charge is 0.497 e. The van der Waals surface area contributed by atoms with Crippen LogP contribution >= 0.6 is 0 Å². The molecule has 6 nitrogen and oxygen atoms in total. The molecular weight excluding hydrogens is 382 g/mol. The smallest absolute Gasteiger partial charge is 0.331 e. The SMILES string of the molecule is COc1ccc(OC)c(/C=C/C(=O)O[C@H](C)C(=O)N[C@H](C)CCc2ccccc2)c1. The molecule has 0 saturated carbocycles. The number of benzene rings is 2. The Bertz CT molecular complexity index is 863. The summed E-state index contributed by atoms with van der Waals surface area (Å²) in [4.78, 5) is 24.4. The fraction of sp³-hybridized carbons (Fsp3) is 0.333. The molecule has 0 aromatic heterocycles. The molecule has 2 rings (SSSR count). The van der Waals surface area contributed by atoms with Crippen molar-refractivity contribution in [3.05, 3.63) is 65.7 Å². The van der Waals surface area contributed by atoms with E-state index in [0.29, 0.717) is 17.1 Å². The summed E-state index contributed by atoms with van der Waals surface area (Å²) in [6, 6.07) is 15.3. The molecule has 0 saturated heterocycles.